The summed E-state index contributed by atoms with van der Waals surface area (Å²) in [5, 5.41) is 9.51. The molecule has 18 heavy (non-hydrogen) atoms. The van der Waals surface area contributed by atoms with Gasteiger partial charge in [0.15, 0.2) is 0 Å². The molecule has 0 radical (unpaired) electrons. The van der Waals surface area contributed by atoms with Crippen molar-refractivity contribution in [1.29, 1.82) is 0 Å². The van der Waals surface area contributed by atoms with Gasteiger partial charge in [-0.05, 0) is 32.5 Å². The van der Waals surface area contributed by atoms with Crippen molar-refractivity contribution in [2.75, 3.05) is 6.54 Å². The fourth-order valence-corrected chi connectivity index (χ4v) is 1.85. The molecule has 0 aromatic heterocycles. The van der Waals surface area contributed by atoms with Gasteiger partial charge in [0.1, 0.15) is 11.4 Å². The van der Waals surface area contributed by atoms with E-state index in [1.165, 1.54) is 6.07 Å². The molecule has 0 saturated heterocycles. The summed E-state index contributed by atoms with van der Waals surface area (Å²) in [5.41, 5.74) is -0.600. The summed E-state index contributed by atoms with van der Waals surface area (Å²) in [7, 11) is 0. The molecule has 0 spiro atoms. The van der Waals surface area contributed by atoms with Crippen molar-refractivity contribution in [2.45, 2.75) is 32.9 Å². The molecule has 0 saturated carbocycles. The highest BCUT2D eigenvalue weighted by Crippen LogP contribution is 2.21. The van der Waals surface area contributed by atoms with Crippen LogP contribution in [-0.4, -0.2) is 28.1 Å². The van der Waals surface area contributed by atoms with E-state index in [9.17, 15) is 14.3 Å². The van der Waals surface area contributed by atoms with Gasteiger partial charge in [-0.15, -0.1) is 0 Å². The number of rotatable bonds is 5. The molecule has 1 N–H and O–H groups in total. The van der Waals surface area contributed by atoms with Crippen molar-refractivity contribution < 1.29 is 14.3 Å². The normalized spacial score (nSPS) is 11.9. The summed E-state index contributed by atoms with van der Waals surface area (Å²) in [6, 6.07) is 4.42. The molecule has 0 aliphatic heterocycles. The van der Waals surface area contributed by atoms with E-state index < -0.39 is 17.3 Å². The molecule has 0 fully saturated rings. The van der Waals surface area contributed by atoms with Crippen molar-refractivity contribution in [3.63, 3.8) is 0 Å². The summed E-state index contributed by atoms with van der Waals surface area (Å²) >= 11 is 5.68. The minimum absolute atomic E-state index is 0.235. The Bertz CT molecular complexity index is 449. The molecular weight excluding hydrogens is 257 g/mol. The van der Waals surface area contributed by atoms with E-state index in [2.05, 4.69) is 0 Å². The lowest BCUT2D eigenvalue weighted by Crippen LogP contribution is -2.49. The van der Waals surface area contributed by atoms with Gasteiger partial charge in [-0.1, -0.05) is 24.6 Å². The fourth-order valence-electron chi connectivity index (χ4n) is 1.70. The maximum atomic E-state index is 13.7. The van der Waals surface area contributed by atoms with E-state index in [0.29, 0.717) is 17.1 Å². The summed E-state index contributed by atoms with van der Waals surface area (Å²) in [5.74, 6) is -1.35. The van der Waals surface area contributed by atoms with Gasteiger partial charge in [0.05, 0.1) is 0 Å². The second kappa shape index (κ2) is 5.67. The van der Waals surface area contributed by atoms with Crippen LogP contribution in [0.2, 0.25) is 5.02 Å². The van der Waals surface area contributed by atoms with Crippen molar-refractivity contribution in [3.8, 4) is 0 Å². The standard InChI is InChI=1S/C13H17ClFNO2/c1-4-16(13(2,3)12(17)18)8-9-5-6-10(14)7-11(9)15/h5-7H,4,8H2,1-3H3,(H,17,18). The van der Waals surface area contributed by atoms with Gasteiger partial charge in [0.2, 0.25) is 0 Å². The van der Waals surface area contributed by atoms with E-state index in [-0.39, 0.29) is 6.54 Å². The third-order valence-corrected chi connectivity index (χ3v) is 3.31. The highest BCUT2D eigenvalue weighted by Gasteiger charge is 2.33. The number of nitrogens with zero attached hydrogens (tertiary/aromatic N) is 1. The number of carboxylic acid groups (broad SMARTS) is 1. The molecule has 0 heterocycles. The molecule has 5 heteroatoms. The third kappa shape index (κ3) is 3.21. The van der Waals surface area contributed by atoms with Crippen LogP contribution in [0.4, 0.5) is 4.39 Å². The molecule has 0 unspecified atom stereocenters. The number of likely N-dealkylation sites (N-methyl/N-ethyl adjacent to an activating group) is 1. The molecule has 0 bridgehead atoms. The first kappa shape index (κ1) is 14.9. The smallest absolute Gasteiger partial charge is 0.323 e. The number of carbonyl (C=O) groups is 1. The highest BCUT2D eigenvalue weighted by atomic mass is 35.5. The maximum absolute atomic E-state index is 13.7. The number of aliphatic carboxylic acids is 1. The lowest BCUT2D eigenvalue weighted by atomic mass is 10.0. The predicted octanol–water partition coefficient (Wildman–Crippen LogP) is 3.16. The lowest BCUT2D eigenvalue weighted by molar-refractivity contribution is -0.149. The van der Waals surface area contributed by atoms with E-state index in [1.807, 2.05) is 6.92 Å². The first-order valence-electron chi connectivity index (χ1n) is 5.71. The van der Waals surface area contributed by atoms with Gasteiger partial charge >= 0.3 is 5.97 Å². The zero-order valence-corrected chi connectivity index (χ0v) is 11.5. The lowest BCUT2D eigenvalue weighted by Gasteiger charge is -2.34. The van der Waals surface area contributed by atoms with E-state index in [4.69, 9.17) is 11.6 Å². The van der Waals surface area contributed by atoms with Gasteiger partial charge in [0, 0.05) is 17.1 Å². The van der Waals surface area contributed by atoms with Crippen LogP contribution >= 0.6 is 11.6 Å². The zero-order chi connectivity index (χ0) is 13.9. The Morgan fingerprint density at radius 3 is 2.56 bits per heavy atom. The summed E-state index contributed by atoms with van der Waals surface area (Å²) in [4.78, 5) is 12.9. The number of benzene rings is 1. The van der Waals surface area contributed by atoms with Gasteiger partial charge < -0.3 is 5.11 Å². The van der Waals surface area contributed by atoms with Crippen LogP contribution in [0.1, 0.15) is 26.3 Å². The van der Waals surface area contributed by atoms with Crippen LogP contribution < -0.4 is 0 Å². The van der Waals surface area contributed by atoms with E-state index in [1.54, 1.807) is 30.9 Å². The molecule has 0 amide bonds. The summed E-state index contributed by atoms with van der Waals surface area (Å²) in [6.07, 6.45) is 0. The topological polar surface area (TPSA) is 40.5 Å². The Morgan fingerprint density at radius 2 is 2.11 bits per heavy atom. The van der Waals surface area contributed by atoms with E-state index in [0.717, 1.165) is 0 Å². The quantitative estimate of drug-likeness (QED) is 0.896. The maximum Gasteiger partial charge on any atom is 0.323 e. The average Bonchev–Trinajstić information content (AvgIpc) is 2.27. The van der Waals surface area contributed by atoms with Gasteiger partial charge in [-0.3, -0.25) is 9.69 Å². The van der Waals surface area contributed by atoms with Gasteiger partial charge in [0.25, 0.3) is 0 Å². The average molecular weight is 274 g/mol. The molecule has 3 nitrogen and oxygen atoms in total. The molecule has 1 rings (SSSR count). The van der Waals surface area contributed by atoms with Crippen molar-refractivity contribution in [2.24, 2.45) is 0 Å². The monoisotopic (exact) mass is 273 g/mol. The Kier molecular flexibility index (Phi) is 4.71. The molecule has 1 aromatic carbocycles. The number of halogens is 2. The minimum Gasteiger partial charge on any atom is -0.480 e. The summed E-state index contributed by atoms with van der Waals surface area (Å²) in [6.45, 7) is 5.80. The molecule has 0 aliphatic carbocycles. The van der Waals surface area contributed by atoms with Crippen LogP contribution in [0.3, 0.4) is 0 Å². The molecule has 100 valence electrons. The number of hydrogen-bond acceptors (Lipinski definition) is 2. The fraction of sp³-hybridized carbons (Fsp3) is 0.462. The Hall–Kier alpha value is -1.13. The van der Waals surface area contributed by atoms with E-state index >= 15 is 0 Å². The van der Waals surface area contributed by atoms with Crippen molar-refractivity contribution >= 4 is 17.6 Å². The van der Waals surface area contributed by atoms with Crippen LogP contribution in [0.25, 0.3) is 0 Å². The van der Waals surface area contributed by atoms with Crippen molar-refractivity contribution in [3.05, 3.63) is 34.6 Å². The molecule has 0 aliphatic rings. The molecular formula is C13H17ClFNO2. The zero-order valence-electron chi connectivity index (χ0n) is 10.7. The summed E-state index contributed by atoms with van der Waals surface area (Å²) < 4.78 is 13.7. The number of hydrogen-bond donors (Lipinski definition) is 1. The van der Waals surface area contributed by atoms with Crippen LogP contribution in [-0.2, 0) is 11.3 Å². The predicted molar refractivity (Wildman–Crippen MR) is 69.2 cm³/mol. The van der Waals surface area contributed by atoms with Crippen LogP contribution in [0.5, 0.6) is 0 Å². The Balaban J connectivity index is 2.96. The first-order valence-corrected chi connectivity index (χ1v) is 6.09. The van der Waals surface area contributed by atoms with Crippen LogP contribution in [0.15, 0.2) is 18.2 Å². The van der Waals surface area contributed by atoms with Gasteiger partial charge in [-0.25, -0.2) is 4.39 Å². The first-order chi connectivity index (χ1) is 8.28. The van der Waals surface area contributed by atoms with Crippen molar-refractivity contribution in [1.82, 2.24) is 4.90 Å². The Morgan fingerprint density at radius 1 is 1.50 bits per heavy atom. The second-order valence-corrected chi connectivity index (χ2v) is 5.05. The second-order valence-electron chi connectivity index (χ2n) is 4.61. The molecule has 1 aromatic rings. The molecule has 0 atom stereocenters. The highest BCUT2D eigenvalue weighted by molar-refractivity contribution is 6.30. The Labute approximate surface area is 111 Å². The SMILES string of the molecule is CCN(Cc1ccc(Cl)cc1F)C(C)(C)C(=O)O. The largest absolute Gasteiger partial charge is 0.480 e. The minimum atomic E-state index is -1.04. The van der Waals surface area contributed by atoms with Crippen LogP contribution in [0, 0.1) is 5.82 Å². The number of carboxylic acids is 1. The van der Waals surface area contributed by atoms with Gasteiger partial charge in [-0.2, -0.15) is 0 Å². The third-order valence-electron chi connectivity index (χ3n) is 3.07.